The van der Waals surface area contributed by atoms with Gasteiger partial charge in [-0.05, 0) is 36.6 Å². The molecule has 0 bridgehead atoms. The highest BCUT2D eigenvalue weighted by Crippen LogP contribution is 2.16. The van der Waals surface area contributed by atoms with Gasteiger partial charge in [-0.3, -0.25) is 14.6 Å². The van der Waals surface area contributed by atoms with Crippen LogP contribution in [0.2, 0.25) is 5.02 Å². The summed E-state index contributed by atoms with van der Waals surface area (Å²) in [6.45, 7) is 1.54. The molecule has 1 aromatic carbocycles. The molecule has 1 saturated heterocycles. The molecule has 6 nitrogen and oxygen atoms in total. The summed E-state index contributed by atoms with van der Waals surface area (Å²) in [6.07, 6.45) is 4.63. The Bertz CT molecular complexity index is 777. The maximum Gasteiger partial charge on any atom is 0.253 e. The van der Waals surface area contributed by atoms with Crippen LogP contribution in [0.4, 0.5) is 0 Å². The Morgan fingerprint density at radius 2 is 1.96 bits per heavy atom. The molecule has 0 radical (unpaired) electrons. The summed E-state index contributed by atoms with van der Waals surface area (Å²) in [7, 11) is 0. The normalized spacial score (nSPS) is 14.8. The molecule has 7 heteroatoms. The third-order valence-electron chi connectivity index (χ3n) is 4.55. The molecule has 27 heavy (non-hydrogen) atoms. The van der Waals surface area contributed by atoms with Crippen molar-refractivity contribution in [2.45, 2.75) is 25.5 Å². The zero-order valence-electron chi connectivity index (χ0n) is 14.9. The molecular formula is C20H22ClN3O3. The summed E-state index contributed by atoms with van der Waals surface area (Å²) in [4.78, 5) is 30.2. The van der Waals surface area contributed by atoms with Gasteiger partial charge >= 0.3 is 0 Å². The number of piperidine rings is 1. The van der Waals surface area contributed by atoms with Crippen LogP contribution in [0.25, 0.3) is 0 Å². The third-order valence-corrected chi connectivity index (χ3v) is 4.92. The first-order chi connectivity index (χ1) is 13.1. The highest BCUT2D eigenvalue weighted by Gasteiger charge is 2.24. The Labute approximate surface area is 163 Å². The highest BCUT2D eigenvalue weighted by atomic mass is 35.5. The van der Waals surface area contributed by atoms with Crippen molar-refractivity contribution < 1.29 is 14.3 Å². The van der Waals surface area contributed by atoms with Gasteiger partial charge in [-0.25, -0.2) is 0 Å². The first-order valence-corrected chi connectivity index (χ1v) is 9.31. The topological polar surface area (TPSA) is 71.5 Å². The second-order valence-electron chi connectivity index (χ2n) is 6.45. The molecule has 2 amide bonds. The number of likely N-dealkylation sites (tertiary alicyclic amines) is 1. The van der Waals surface area contributed by atoms with E-state index in [2.05, 4.69) is 10.3 Å². The van der Waals surface area contributed by atoms with E-state index in [0.717, 1.165) is 18.4 Å². The standard InChI is InChI=1S/C20H22ClN3O3/c21-18-6-2-1-4-16(18)13-27-14-19(25)24-10-7-17(8-11-24)23-20(26)15-5-3-9-22-12-15/h1-6,9,12,17H,7-8,10-11,13-14H2,(H,23,26). The lowest BCUT2D eigenvalue weighted by Crippen LogP contribution is -2.47. The molecule has 0 spiro atoms. The molecule has 1 aliphatic heterocycles. The number of amides is 2. The summed E-state index contributed by atoms with van der Waals surface area (Å²) in [5.41, 5.74) is 1.41. The number of pyridine rings is 1. The Kier molecular flexibility index (Phi) is 6.79. The molecule has 0 aliphatic carbocycles. The fraction of sp³-hybridized carbons (Fsp3) is 0.350. The van der Waals surface area contributed by atoms with Crippen molar-refractivity contribution in [3.05, 3.63) is 64.9 Å². The van der Waals surface area contributed by atoms with E-state index in [0.29, 0.717) is 30.3 Å². The maximum absolute atomic E-state index is 12.3. The molecule has 142 valence electrons. The molecule has 1 fully saturated rings. The minimum absolute atomic E-state index is 0.0257. The number of carbonyl (C=O) groups excluding carboxylic acids is 2. The van der Waals surface area contributed by atoms with Gasteiger partial charge in [0.05, 0.1) is 12.2 Å². The lowest BCUT2D eigenvalue weighted by Gasteiger charge is -2.32. The van der Waals surface area contributed by atoms with Crippen LogP contribution in [-0.2, 0) is 16.1 Å². The van der Waals surface area contributed by atoms with Crippen LogP contribution in [-0.4, -0.2) is 47.4 Å². The molecule has 2 aromatic rings. The first kappa shape index (κ1) is 19.3. The molecule has 3 rings (SSSR count). The summed E-state index contributed by atoms with van der Waals surface area (Å²) in [5.74, 6) is -0.171. The molecule has 0 atom stereocenters. The maximum atomic E-state index is 12.3. The molecular weight excluding hydrogens is 366 g/mol. The van der Waals surface area contributed by atoms with E-state index in [-0.39, 0.29) is 24.5 Å². The van der Waals surface area contributed by atoms with Crippen LogP contribution >= 0.6 is 11.6 Å². The molecule has 1 aliphatic rings. The molecule has 0 saturated carbocycles. The second kappa shape index (κ2) is 9.48. The summed E-state index contributed by atoms with van der Waals surface area (Å²) in [6, 6.07) is 10.9. The van der Waals surface area contributed by atoms with Crippen molar-refractivity contribution in [1.82, 2.24) is 15.2 Å². The van der Waals surface area contributed by atoms with E-state index in [1.807, 2.05) is 18.2 Å². The minimum atomic E-state index is -0.129. The predicted octanol–water partition coefficient (Wildman–Crippen LogP) is 2.67. The molecule has 0 unspecified atom stereocenters. The average molecular weight is 388 g/mol. The van der Waals surface area contributed by atoms with E-state index in [4.69, 9.17) is 16.3 Å². The highest BCUT2D eigenvalue weighted by molar-refractivity contribution is 6.31. The SMILES string of the molecule is O=C(NC1CCN(C(=O)COCc2ccccc2Cl)CC1)c1cccnc1. The van der Waals surface area contributed by atoms with E-state index in [9.17, 15) is 9.59 Å². The van der Waals surface area contributed by atoms with E-state index >= 15 is 0 Å². The van der Waals surface area contributed by atoms with Gasteiger partial charge in [0.15, 0.2) is 0 Å². The van der Waals surface area contributed by atoms with Crippen molar-refractivity contribution in [3.8, 4) is 0 Å². The number of aromatic nitrogens is 1. The number of halogens is 1. The number of benzene rings is 1. The summed E-state index contributed by atoms with van der Waals surface area (Å²) >= 11 is 6.08. The monoisotopic (exact) mass is 387 g/mol. The fourth-order valence-corrected chi connectivity index (χ4v) is 3.18. The van der Waals surface area contributed by atoms with Crippen molar-refractivity contribution in [3.63, 3.8) is 0 Å². The zero-order chi connectivity index (χ0) is 19.1. The van der Waals surface area contributed by atoms with Gasteiger partial charge in [0.1, 0.15) is 6.61 Å². The lowest BCUT2D eigenvalue weighted by molar-refractivity contribution is -0.137. The van der Waals surface area contributed by atoms with Gasteiger partial charge in [-0.2, -0.15) is 0 Å². The van der Waals surface area contributed by atoms with Crippen LogP contribution in [0.15, 0.2) is 48.8 Å². The average Bonchev–Trinajstić information content (AvgIpc) is 2.70. The summed E-state index contributed by atoms with van der Waals surface area (Å²) in [5, 5.41) is 3.64. The Morgan fingerprint density at radius 1 is 1.19 bits per heavy atom. The largest absolute Gasteiger partial charge is 0.367 e. The Morgan fingerprint density at radius 3 is 2.67 bits per heavy atom. The van der Waals surface area contributed by atoms with Gasteiger partial charge < -0.3 is 15.0 Å². The van der Waals surface area contributed by atoms with Gasteiger partial charge in [0, 0.05) is 36.5 Å². The number of nitrogens with one attached hydrogen (secondary N) is 1. The van der Waals surface area contributed by atoms with Crippen LogP contribution in [0.5, 0.6) is 0 Å². The van der Waals surface area contributed by atoms with Gasteiger partial charge in [0.25, 0.3) is 5.91 Å². The molecule has 1 aromatic heterocycles. The quantitative estimate of drug-likeness (QED) is 0.827. The minimum Gasteiger partial charge on any atom is -0.367 e. The molecule has 1 N–H and O–H groups in total. The smallest absolute Gasteiger partial charge is 0.253 e. The number of hydrogen-bond donors (Lipinski definition) is 1. The number of rotatable bonds is 6. The Hall–Kier alpha value is -2.44. The van der Waals surface area contributed by atoms with Crippen LogP contribution < -0.4 is 5.32 Å². The van der Waals surface area contributed by atoms with Gasteiger partial charge in [-0.1, -0.05) is 29.8 Å². The predicted molar refractivity (Wildman–Crippen MR) is 102 cm³/mol. The second-order valence-corrected chi connectivity index (χ2v) is 6.86. The molecule has 2 heterocycles. The van der Waals surface area contributed by atoms with Crippen molar-refractivity contribution in [2.75, 3.05) is 19.7 Å². The lowest BCUT2D eigenvalue weighted by atomic mass is 10.0. The summed E-state index contributed by atoms with van der Waals surface area (Å²) < 4.78 is 5.51. The van der Waals surface area contributed by atoms with Crippen LogP contribution in [0, 0.1) is 0 Å². The van der Waals surface area contributed by atoms with Gasteiger partial charge in [0.2, 0.25) is 5.91 Å². The number of ether oxygens (including phenoxy) is 1. The van der Waals surface area contributed by atoms with Crippen molar-refractivity contribution in [1.29, 1.82) is 0 Å². The fourth-order valence-electron chi connectivity index (χ4n) is 2.99. The van der Waals surface area contributed by atoms with Crippen LogP contribution in [0.1, 0.15) is 28.8 Å². The Balaban J connectivity index is 1.39. The number of carbonyl (C=O) groups is 2. The van der Waals surface area contributed by atoms with Crippen molar-refractivity contribution in [2.24, 2.45) is 0 Å². The van der Waals surface area contributed by atoms with Crippen LogP contribution in [0.3, 0.4) is 0 Å². The third kappa shape index (κ3) is 5.52. The zero-order valence-corrected chi connectivity index (χ0v) is 15.7. The van der Waals surface area contributed by atoms with Crippen molar-refractivity contribution >= 4 is 23.4 Å². The van der Waals surface area contributed by atoms with E-state index in [1.165, 1.54) is 0 Å². The number of hydrogen-bond acceptors (Lipinski definition) is 4. The van der Waals surface area contributed by atoms with Gasteiger partial charge in [-0.15, -0.1) is 0 Å². The first-order valence-electron chi connectivity index (χ1n) is 8.93. The number of nitrogens with zero attached hydrogens (tertiary/aromatic N) is 2. The van der Waals surface area contributed by atoms with E-state index < -0.39 is 0 Å². The van der Waals surface area contributed by atoms with E-state index in [1.54, 1.807) is 35.5 Å².